The lowest BCUT2D eigenvalue weighted by atomic mass is 9.69. The molecule has 4 rings (SSSR count). The molecule has 3 nitrogen and oxygen atoms in total. The van der Waals surface area contributed by atoms with Crippen molar-refractivity contribution >= 4 is 12.6 Å². The number of hydrogen-bond donors (Lipinski definition) is 0. The number of piperidine rings is 1. The molecular weight excluding hydrogens is 309 g/mol. The first kappa shape index (κ1) is 17.6. The second-order valence-electron chi connectivity index (χ2n) is 9.36. The fourth-order valence-electron chi connectivity index (χ4n) is 4.05. The second-order valence-corrected chi connectivity index (χ2v) is 9.36. The highest BCUT2D eigenvalue weighted by Crippen LogP contribution is 2.38. The zero-order chi connectivity index (χ0) is 17.7. The van der Waals surface area contributed by atoms with Gasteiger partial charge in [-0.05, 0) is 69.6 Å². The largest absolute Gasteiger partial charge is 0.494 e. The van der Waals surface area contributed by atoms with Gasteiger partial charge in [0.25, 0.3) is 0 Å². The lowest BCUT2D eigenvalue weighted by Gasteiger charge is -2.47. The predicted octanol–water partition coefficient (Wildman–Crippen LogP) is 3.58. The summed E-state index contributed by atoms with van der Waals surface area (Å²) in [4.78, 5) is 2.69. The van der Waals surface area contributed by atoms with Gasteiger partial charge < -0.3 is 14.2 Å². The molecule has 4 heteroatoms. The van der Waals surface area contributed by atoms with Crippen LogP contribution in [0.5, 0.6) is 0 Å². The van der Waals surface area contributed by atoms with Crippen molar-refractivity contribution in [3.05, 3.63) is 29.8 Å². The van der Waals surface area contributed by atoms with E-state index in [2.05, 4.69) is 56.9 Å². The number of benzene rings is 1. The van der Waals surface area contributed by atoms with Gasteiger partial charge in [-0.1, -0.05) is 38.1 Å². The topological polar surface area (TPSA) is 21.7 Å². The van der Waals surface area contributed by atoms with Gasteiger partial charge in [0, 0.05) is 18.1 Å². The van der Waals surface area contributed by atoms with Crippen LogP contribution in [0.4, 0.5) is 0 Å². The summed E-state index contributed by atoms with van der Waals surface area (Å²) >= 11 is 0. The zero-order valence-electron chi connectivity index (χ0n) is 16.3. The van der Waals surface area contributed by atoms with E-state index < -0.39 is 0 Å². The number of likely N-dealkylation sites (tertiary alicyclic amines) is 1. The maximum atomic E-state index is 6.28. The highest BCUT2D eigenvalue weighted by molar-refractivity contribution is 6.61. The molecule has 2 saturated heterocycles. The molecule has 2 heterocycles. The van der Waals surface area contributed by atoms with Crippen molar-refractivity contribution in [1.29, 1.82) is 0 Å². The molecule has 0 unspecified atom stereocenters. The molecule has 0 spiro atoms. The van der Waals surface area contributed by atoms with E-state index in [0.29, 0.717) is 5.92 Å². The fourth-order valence-corrected chi connectivity index (χ4v) is 4.05. The van der Waals surface area contributed by atoms with E-state index in [1.807, 2.05) is 0 Å². The molecule has 1 aromatic rings. The van der Waals surface area contributed by atoms with Gasteiger partial charge in [-0.25, -0.2) is 0 Å². The van der Waals surface area contributed by atoms with Gasteiger partial charge in [0.1, 0.15) is 0 Å². The molecule has 0 atom stereocenters. The van der Waals surface area contributed by atoms with Crippen LogP contribution in [-0.2, 0) is 9.31 Å². The molecule has 2 aliphatic heterocycles. The Labute approximate surface area is 153 Å². The van der Waals surface area contributed by atoms with Crippen molar-refractivity contribution in [1.82, 2.24) is 4.90 Å². The van der Waals surface area contributed by atoms with E-state index in [9.17, 15) is 0 Å². The summed E-state index contributed by atoms with van der Waals surface area (Å²) in [5.41, 5.74) is 2.46. The Kier molecular flexibility index (Phi) is 4.50. The minimum atomic E-state index is -0.242. The van der Waals surface area contributed by atoms with Gasteiger partial charge in [-0.15, -0.1) is 0 Å². The van der Waals surface area contributed by atoms with Gasteiger partial charge in [-0.2, -0.15) is 0 Å². The van der Waals surface area contributed by atoms with Crippen LogP contribution in [0, 0.1) is 5.41 Å². The SMILES string of the molecule is CC1(C)COB(c2ccc(C3CCN(C4CC4)CC3)cc2)OC1(C)C. The molecule has 3 fully saturated rings. The van der Waals surface area contributed by atoms with Crippen LogP contribution in [0.2, 0.25) is 0 Å². The standard InChI is InChI=1S/C21H32BNO2/c1-20(2)15-24-22(25-21(20,3)4)18-7-5-16(6-8-18)17-11-13-23(14-12-17)19-9-10-19/h5-8,17,19H,9-15H2,1-4H3. The van der Waals surface area contributed by atoms with Crippen molar-refractivity contribution < 1.29 is 9.31 Å². The zero-order valence-corrected chi connectivity index (χ0v) is 16.3. The van der Waals surface area contributed by atoms with E-state index in [1.165, 1.54) is 44.3 Å². The average molecular weight is 341 g/mol. The quantitative estimate of drug-likeness (QED) is 0.785. The summed E-state index contributed by atoms with van der Waals surface area (Å²) in [6.07, 6.45) is 5.45. The fraction of sp³-hybridized carbons (Fsp3) is 0.714. The summed E-state index contributed by atoms with van der Waals surface area (Å²) in [5, 5.41) is 0. The first-order valence-electron chi connectivity index (χ1n) is 9.99. The Balaban J connectivity index is 1.39. The Hall–Kier alpha value is -0.835. The van der Waals surface area contributed by atoms with Gasteiger partial charge in [0.15, 0.2) is 0 Å². The van der Waals surface area contributed by atoms with Crippen molar-refractivity contribution in [3.63, 3.8) is 0 Å². The summed E-state index contributed by atoms with van der Waals surface area (Å²) in [6, 6.07) is 9.93. The molecular formula is C21H32BNO2. The van der Waals surface area contributed by atoms with Crippen LogP contribution in [0.15, 0.2) is 24.3 Å². The third-order valence-electron chi connectivity index (χ3n) is 6.90. The highest BCUT2D eigenvalue weighted by atomic mass is 16.6. The maximum absolute atomic E-state index is 6.28. The number of hydrogen-bond acceptors (Lipinski definition) is 3. The molecule has 25 heavy (non-hydrogen) atoms. The summed E-state index contributed by atoms with van der Waals surface area (Å²) in [7, 11) is -0.242. The van der Waals surface area contributed by atoms with E-state index in [1.54, 1.807) is 0 Å². The van der Waals surface area contributed by atoms with Crippen molar-refractivity contribution in [3.8, 4) is 0 Å². The highest BCUT2D eigenvalue weighted by Gasteiger charge is 2.46. The molecule has 0 aromatic heterocycles. The maximum Gasteiger partial charge on any atom is 0.494 e. The van der Waals surface area contributed by atoms with Crippen LogP contribution >= 0.6 is 0 Å². The Bertz CT molecular complexity index is 601. The Morgan fingerprint density at radius 2 is 1.60 bits per heavy atom. The summed E-state index contributed by atoms with van der Waals surface area (Å²) in [5.74, 6) is 0.715. The normalized spacial score (nSPS) is 27.4. The van der Waals surface area contributed by atoms with Crippen molar-refractivity contribution in [2.75, 3.05) is 19.7 Å². The van der Waals surface area contributed by atoms with E-state index >= 15 is 0 Å². The Morgan fingerprint density at radius 1 is 0.960 bits per heavy atom. The smallest absolute Gasteiger partial charge is 0.407 e. The minimum Gasteiger partial charge on any atom is -0.407 e. The molecule has 1 aliphatic carbocycles. The first-order valence-corrected chi connectivity index (χ1v) is 9.99. The van der Waals surface area contributed by atoms with Gasteiger partial charge in [0.05, 0.1) is 5.60 Å². The average Bonchev–Trinajstić information content (AvgIpc) is 3.43. The molecule has 0 bridgehead atoms. The van der Waals surface area contributed by atoms with Crippen molar-refractivity contribution in [2.24, 2.45) is 5.41 Å². The summed E-state index contributed by atoms with van der Waals surface area (Å²) < 4.78 is 12.3. The van der Waals surface area contributed by atoms with E-state index in [0.717, 1.165) is 18.1 Å². The van der Waals surface area contributed by atoms with Crippen LogP contribution in [0.1, 0.15) is 64.9 Å². The lowest BCUT2D eigenvalue weighted by molar-refractivity contribution is -0.0937. The molecule has 3 aliphatic rings. The molecule has 0 N–H and O–H groups in total. The first-order chi connectivity index (χ1) is 11.9. The monoisotopic (exact) mass is 341 g/mol. The molecule has 1 aromatic carbocycles. The molecule has 1 saturated carbocycles. The van der Waals surface area contributed by atoms with Crippen molar-refractivity contribution in [2.45, 2.75) is 70.9 Å². The van der Waals surface area contributed by atoms with Gasteiger partial charge >= 0.3 is 7.12 Å². The van der Waals surface area contributed by atoms with Gasteiger partial charge in [0.2, 0.25) is 0 Å². The Morgan fingerprint density at radius 3 is 2.16 bits per heavy atom. The molecule has 0 radical (unpaired) electrons. The lowest BCUT2D eigenvalue weighted by Crippen LogP contribution is -2.58. The van der Waals surface area contributed by atoms with Crippen LogP contribution in [0.3, 0.4) is 0 Å². The number of nitrogens with zero attached hydrogens (tertiary/aromatic N) is 1. The third kappa shape index (κ3) is 3.54. The van der Waals surface area contributed by atoms with Crippen LogP contribution in [0.25, 0.3) is 0 Å². The van der Waals surface area contributed by atoms with Crippen LogP contribution < -0.4 is 5.46 Å². The predicted molar refractivity (Wildman–Crippen MR) is 103 cm³/mol. The summed E-state index contributed by atoms with van der Waals surface area (Å²) in [6.45, 7) is 12.0. The van der Waals surface area contributed by atoms with Crippen LogP contribution in [-0.4, -0.2) is 43.4 Å². The third-order valence-corrected chi connectivity index (χ3v) is 6.90. The molecule has 136 valence electrons. The van der Waals surface area contributed by atoms with Gasteiger partial charge in [-0.3, -0.25) is 0 Å². The van der Waals surface area contributed by atoms with E-state index in [4.69, 9.17) is 9.31 Å². The molecule has 0 amide bonds. The second kappa shape index (κ2) is 6.40. The van der Waals surface area contributed by atoms with E-state index in [-0.39, 0.29) is 18.1 Å². The number of rotatable bonds is 3. The minimum absolute atomic E-state index is 0.0268.